The zero-order chi connectivity index (χ0) is 7.28. The molecule has 0 rings (SSSR count). The van der Waals surface area contributed by atoms with Crippen LogP contribution in [0.15, 0.2) is 0 Å². The van der Waals surface area contributed by atoms with Gasteiger partial charge in [-0.1, -0.05) is 6.92 Å². The van der Waals surface area contributed by atoms with E-state index < -0.39 is 17.9 Å². The van der Waals surface area contributed by atoms with E-state index >= 15 is 0 Å². The van der Waals surface area contributed by atoms with Crippen LogP contribution < -0.4 is 0 Å². The van der Waals surface area contributed by atoms with Crippen molar-refractivity contribution in [2.75, 3.05) is 19.8 Å². The summed E-state index contributed by atoms with van der Waals surface area (Å²) in [5.74, 6) is 0. The van der Waals surface area contributed by atoms with E-state index in [0.29, 0.717) is 6.54 Å². The van der Waals surface area contributed by atoms with E-state index in [4.69, 9.17) is 0 Å². The van der Waals surface area contributed by atoms with Gasteiger partial charge in [0.2, 0.25) is 0 Å². The Balaban J connectivity index is 3.54. The molecular formula is C4H9FNO2S-. The molecule has 0 aromatic rings. The molecule has 0 bridgehead atoms. The minimum atomic E-state index is -2.26. The Morgan fingerprint density at radius 1 is 1.78 bits per heavy atom. The molecule has 0 fully saturated rings. The van der Waals surface area contributed by atoms with Gasteiger partial charge in [-0.05, 0) is 0 Å². The minimum absolute atomic E-state index is 0.0351. The highest BCUT2D eigenvalue weighted by Gasteiger charge is 1.98. The highest BCUT2D eigenvalue weighted by atomic mass is 32.2. The summed E-state index contributed by atoms with van der Waals surface area (Å²) >= 11 is -2.26. The molecule has 0 spiro atoms. The van der Waals surface area contributed by atoms with Gasteiger partial charge in [-0.3, -0.25) is 4.21 Å². The molecule has 5 heteroatoms. The van der Waals surface area contributed by atoms with E-state index in [9.17, 15) is 13.2 Å². The number of hydrogen-bond acceptors (Lipinski definition) is 2. The lowest BCUT2D eigenvalue weighted by atomic mass is 10.6. The van der Waals surface area contributed by atoms with Crippen molar-refractivity contribution < 1.29 is 13.2 Å². The average Bonchev–Trinajstić information content (AvgIpc) is 1.82. The Morgan fingerprint density at radius 2 is 2.33 bits per heavy atom. The number of nitrogens with zero attached hydrogens (tertiary/aromatic N) is 1. The Bertz CT molecular complexity index is 101. The fraction of sp³-hybridized carbons (Fsp3) is 1.00. The maximum Gasteiger partial charge on any atom is 0.103 e. The number of hydrogen-bond donors (Lipinski definition) is 0. The van der Waals surface area contributed by atoms with Crippen molar-refractivity contribution in [3.8, 4) is 0 Å². The van der Waals surface area contributed by atoms with Crippen LogP contribution in [0, 0.1) is 0 Å². The predicted molar refractivity (Wildman–Crippen MR) is 32.1 cm³/mol. The summed E-state index contributed by atoms with van der Waals surface area (Å²) < 4.78 is 32.6. The Labute approximate surface area is 56.3 Å². The molecule has 0 heterocycles. The fourth-order valence-electron chi connectivity index (χ4n) is 0.432. The lowest BCUT2D eigenvalue weighted by molar-refractivity contribution is 0.354. The van der Waals surface area contributed by atoms with Crippen LogP contribution in [-0.2, 0) is 11.3 Å². The smallest absolute Gasteiger partial charge is 0.103 e. The molecule has 3 nitrogen and oxygen atoms in total. The van der Waals surface area contributed by atoms with Gasteiger partial charge in [0, 0.05) is 24.4 Å². The zero-order valence-corrected chi connectivity index (χ0v) is 5.99. The van der Waals surface area contributed by atoms with Crippen molar-refractivity contribution >= 4 is 11.3 Å². The van der Waals surface area contributed by atoms with E-state index in [0.717, 1.165) is 4.31 Å². The van der Waals surface area contributed by atoms with Crippen molar-refractivity contribution in [3.63, 3.8) is 0 Å². The number of alkyl halides is 1. The summed E-state index contributed by atoms with van der Waals surface area (Å²) in [4.78, 5) is 0. The van der Waals surface area contributed by atoms with Crippen molar-refractivity contribution in [2.24, 2.45) is 0 Å². The van der Waals surface area contributed by atoms with Crippen LogP contribution in [0.3, 0.4) is 0 Å². The van der Waals surface area contributed by atoms with Crippen LogP contribution in [0.5, 0.6) is 0 Å². The lowest BCUT2D eigenvalue weighted by Crippen LogP contribution is -2.27. The molecule has 0 saturated heterocycles. The van der Waals surface area contributed by atoms with Crippen LogP contribution in [0.2, 0.25) is 0 Å². The Kier molecular flexibility index (Phi) is 4.84. The molecule has 0 aliphatic carbocycles. The van der Waals surface area contributed by atoms with E-state index in [-0.39, 0.29) is 6.54 Å². The molecule has 56 valence electrons. The molecule has 0 N–H and O–H groups in total. The lowest BCUT2D eigenvalue weighted by Gasteiger charge is -2.20. The molecule has 0 aromatic heterocycles. The molecule has 0 aromatic carbocycles. The summed E-state index contributed by atoms with van der Waals surface area (Å²) in [5.41, 5.74) is 0. The van der Waals surface area contributed by atoms with Gasteiger partial charge in [-0.2, -0.15) is 0 Å². The van der Waals surface area contributed by atoms with E-state index in [1.807, 2.05) is 0 Å². The van der Waals surface area contributed by atoms with Gasteiger partial charge in [0.25, 0.3) is 0 Å². The molecule has 1 unspecified atom stereocenters. The van der Waals surface area contributed by atoms with Gasteiger partial charge in [0.15, 0.2) is 0 Å². The third-order valence-electron chi connectivity index (χ3n) is 0.897. The predicted octanol–water partition coefficient (Wildman–Crippen LogP) is 0.0719. The van der Waals surface area contributed by atoms with Crippen molar-refractivity contribution in [1.82, 2.24) is 4.31 Å². The summed E-state index contributed by atoms with van der Waals surface area (Å²) in [6.07, 6.45) is 0. The molecule has 0 saturated carbocycles. The Morgan fingerprint density at radius 3 is 2.44 bits per heavy atom. The first-order valence-electron chi connectivity index (χ1n) is 2.62. The molecule has 0 aliphatic heterocycles. The second kappa shape index (κ2) is 4.84. The topological polar surface area (TPSA) is 43.4 Å². The first-order valence-corrected chi connectivity index (χ1v) is 3.65. The Hall–Kier alpha value is -0.0000000000000000486. The van der Waals surface area contributed by atoms with Crippen LogP contribution in [0.1, 0.15) is 6.92 Å². The zero-order valence-electron chi connectivity index (χ0n) is 5.17. The summed E-state index contributed by atoms with van der Waals surface area (Å²) in [6, 6.07) is 0. The second-order valence-corrected chi connectivity index (χ2v) is 2.38. The molecule has 0 amide bonds. The van der Waals surface area contributed by atoms with Gasteiger partial charge >= 0.3 is 0 Å². The van der Waals surface area contributed by atoms with Crippen LogP contribution in [0.25, 0.3) is 0 Å². The SMILES string of the molecule is CCN(CCF)S(=O)[O-]. The monoisotopic (exact) mass is 154 g/mol. The van der Waals surface area contributed by atoms with E-state index in [1.165, 1.54) is 0 Å². The second-order valence-electron chi connectivity index (χ2n) is 1.43. The molecule has 0 aliphatic rings. The molecule has 9 heavy (non-hydrogen) atoms. The van der Waals surface area contributed by atoms with E-state index in [1.54, 1.807) is 6.92 Å². The van der Waals surface area contributed by atoms with Crippen molar-refractivity contribution in [3.05, 3.63) is 0 Å². The van der Waals surface area contributed by atoms with Crippen LogP contribution in [-0.4, -0.2) is 32.8 Å². The maximum atomic E-state index is 11.5. The van der Waals surface area contributed by atoms with Crippen LogP contribution in [0.4, 0.5) is 4.39 Å². The summed E-state index contributed by atoms with van der Waals surface area (Å²) in [7, 11) is 0. The van der Waals surface area contributed by atoms with Crippen molar-refractivity contribution in [2.45, 2.75) is 6.92 Å². The van der Waals surface area contributed by atoms with Crippen molar-refractivity contribution in [1.29, 1.82) is 0 Å². The number of rotatable bonds is 4. The standard InChI is InChI=1S/C4H10FNO2S/c1-2-6(4-3-5)9(7)8/h2-4H2,1H3,(H,7,8)/p-1. The third kappa shape index (κ3) is 3.56. The van der Waals surface area contributed by atoms with Gasteiger partial charge in [-0.25, -0.2) is 8.70 Å². The minimum Gasteiger partial charge on any atom is -0.760 e. The summed E-state index contributed by atoms with van der Waals surface area (Å²) in [6.45, 7) is 1.33. The van der Waals surface area contributed by atoms with Gasteiger partial charge in [0.1, 0.15) is 6.67 Å². The largest absolute Gasteiger partial charge is 0.760 e. The molecular weight excluding hydrogens is 145 g/mol. The number of halogens is 1. The third-order valence-corrected chi connectivity index (χ3v) is 1.76. The van der Waals surface area contributed by atoms with Gasteiger partial charge < -0.3 is 4.55 Å². The quantitative estimate of drug-likeness (QED) is 0.538. The van der Waals surface area contributed by atoms with Gasteiger partial charge in [0.05, 0.1) is 0 Å². The maximum absolute atomic E-state index is 11.5. The fourth-order valence-corrected chi connectivity index (χ4v) is 0.861. The molecule has 0 radical (unpaired) electrons. The van der Waals surface area contributed by atoms with Gasteiger partial charge in [-0.15, -0.1) is 0 Å². The summed E-state index contributed by atoms with van der Waals surface area (Å²) in [5, 5.41) is 0. The highest BCUT2D eigenvalue weighted by Crippen LogP contribution is 1.89. The molecule has 1 atom stereocenters. The first-order chi connectivity index (χ1) is 4.22. The highest BCUT2D eigenvalue weighted by molar-refractivity contribution is 7.76. The average molecular weight is 154 g/mol. The van der Waals surface area contributed by atoms with E-state index in [2.05, 4.69) is 0 Å². The normalized spacial score (nSPS) is 14.2. The first kappa shape index (κ1) is 9.00. The van der Waals surface area contributed by atoms with Crippen LogP contribution >= 0.6 is 0 Å².